The molecule has 1 heterocycles. The second-order valence-electron chi connectivity index (χ2n) is 6.15. The second-order valence-corrected chi connectivity index (χ2v) is 6.15. The molecule has 0 aromatic heterocycles. The number of amides is 1. The van der Waals surface area contributed by atoms with Gasteiger partial charge in [0.15, 0.2) is 5.78 Å². The molecule has 1 amide bonds. The summed E-state index contributed by atoms with van der Waals surface area (Å²) in [6.07, 6.45) is 0.994. The predicted molar refractivity (Wildman–Crippen MR) is 100 cm³/mol. The molecule has 0 spiro atoms. The third-order valence-electron chi connectivity index (χ3n) is 4.18. The minimum absolute atomic E-state index is 0.00271. The number of ether oxygens (including phenoxy) is 2. The van der Waals surface area contributed by atoms with Gasteiger partial charge < -0.3 is 19.5 Å². The number of carboxylic acid groups (broad SMARTS) is 1. The molecular weight excluding hydrogens is 362 g/mol. The molecular formula is C21H19NO6. The SMILES string of the molecule is O=C(O)CCC(=O)c1ccc(N(Cc2ccccc2)C(=O)C2=COCO2)cc1. The first-order valence-corrected chi connectivity index (χ1v) is 8.70. The smallest absolute Gasteiger partial charge is 0.303 e. The number of carbonyl (C=O) groups excluding carboxylic acids is 2. The summed E-state index contributed by atoms with van der Waals surface area (Å²) in [7, 11) is 0. The van der Waals surface area contributed by atoms with Gasteiger partial charge in [0.1, 0.15) is 6.26 Å². The maximum absolute atomic E-state index is 12.9. The highest BCUT2D eigenvalue weighted by Crippen LogP contribution is 2.23. The number of nitrogens with zero attached hydrogens (tertiary/aromatic N) is 1. The Morgan fingerprint density at radius 1 is 0.964 bits per heavy atom. The van der Waals surface area contributed by atoms with Crippen molar-refractivity contribution in [3.05, 3.63) is 77.7 Å². The number of rotatable bonds is 8. The highest BCUT2D eigenvalue weighted by molar-refractivity contribution is 6.04. The van der Waals surface area contributed by atoms with E-state index in [4.69, 9.17) is 14.6 Å². The summed E-state index contributed by atoms with van der Waals surface area (Å²) in [5.41, 5.74) is 1.91. The summed E-state index contributed by atoms with van der Waals surface area (Å²) >= 11 is 0. The van der Waals surface area contributed by atoms with Crippen LogP contribution in [0.5, 0.6) is 0 Å². The van der Waals surface area contributed by atoms with Crippen molar-refractivity contribution in [3.8, 4) is 0 Å². The minimum atomic E-state index is -1.02. The Morgan fingerprint density at radius 2 is 1.68 bits per heavy atom. The van der Waals surface area contributed by atoms with E-state index in [1.165, 1.54) is 11.2 Å². The van der Waals surface area contributed by atoms with Crippen LogP contribution in [-0.2, 0) is 25.6 Å². The maximum Gasteiger partial charge on any atom is 0.303 e. The van der Waals surface area contributed by atoms with Crippen LogP contribution in [0.4, 0.5) is 5.69 Å². The molecule has 0 aliphatic carbocycles. The molecule has 0 fully saturated rings. The molecule has 0 saturated carbocycles. The molecule has 7 heteroatoms. The number of aliphatic carboxylic acids is 1. The zero-order valence-electron chi connectivity index (χ0n) is 15.0. The summed E-state index contributed by atoms with van der Waals surface area (Å²) in [5, 5.41) is 8.71. The zero-order valence-corrected chi connectivity index (χ0v) is 15.0. The molecule has 7 nitrogen and oxygen atoms in total. The molecule has 1 aliphatic rings. The van der Waals surface area contributed by atoms with Crippen molar-refractivity contribution in [3.63, 3.8) is 0 Å². The van der Waals surface area contributed by atoms with Crippen molar-refractivity contribution in [1.29, 1.82) is 0 Å². The quantitative estimate of drug-likeness (QED) is 0.706. The third-order valence-corrected chi connectivity index (χ3v) is 4.18. The van der Waals surface area contributed by atoms with Gasteiger partial charge in [-0.3, -0.25) is 14.4 Å². The van der Waals surface area contributed by atoms with E-state index in [-0.39, 0.29) is 37.1 Å². The Labute approximate surface area is 161 Å². The molecule has 0 atom stereocenters. The van der Waals surface area contributed by atoms with Gasteiger partial charge in [-0.05, 0) is 29.8 Å². The highest BCUT2D eigenvalue weighted by Gasteiger charge is 2.25. The lowest BCUT2D eigenvalue weighted by molar-refractivity contribution is -0.137. The fourth-order valence-corrected chi connectivity index (χ4v) is 2.72. The van der Waals surface area contributed by atoms with Gasteiger partial charge >= 0.3 is 5.97 Å². The highest BCUT2D eigenvalue weighted by atomic mass is 16.7. The van der Waals surface area contributed by atoms with Crippen molar-refractivity contribution in [2.75, 3.05) is 11.7 Å². The largest absolute Gasteiger partial charge is 0.481 e. The third kappa shape index (κ3) is 4.76. The number of ketones is 1. The van der Waals surface area contributed by atoms with Crippen LogP contribution in [0, 0.1) is 0 Å². The van der Waals surface area contributed by atoms with Crippen molar-refractivity contribution in [2.24, 2.45) is 0 Å². The molecule has 1 aliphatic heterocycles. The lowest BCUT2D eigenvalue weighted by Crippen LogP contribution is -2.31. The number of carbonyl (C=O) groups is 3. The van der Waals surface area contributed by atoms with E-state index in [9.17, 15) is 14.4 Å². The predicted octanol–water partition coefficient (Wildman–Crippen LogP) is 3.11. The van der Waals surface area contributed by atoms with Crippen LogP contribution in [0.2, 0.25) is 0 Å². The number of hydrogen-bond donors (Lipinski definition) is 1. The first kappa shape index (κ1) is 19.2. The Balaban J connectivity index is 1.82. The number of hydrogen-bond acceptors (Lipinski definition) is 5. The molecule has 3 rings (SSSR count). The summed E-state index contributed by atoms with van der Waals surface area (Å²) in [4.78, 5) is 37.1. The topological polar surface area (TPSA) is 93.1 Å². The van der Waals surface area contributed by atoms with Crippen LogP contribution >= 0.6 is 0 Å². The fourth-order valence-electron chi connectivity index (χ4n) is 2.72. The van der Waals surface area contributed by atoms with Gasteiger partial charge in [0.25, 0.3) is 5.91 Å². The molecule has 2 aromatic carbocycles. The van der Waals surface area contributed by atoms with Gasteiger partial charge in [0.2, 0.25) is 12.6 Å². The van der Waals surface area contributed by atoms with Crippen LogP contribution in [0.3, 0.4) is 0 Å². The number of anilines is 1. The van der Waals surface area contributed by atoms with Gasteiger partial charge in [-0.2, -0.15) is 0 Å². The van der Waals surface area contributed by atoms with Crippen molar-refractivity contribution < 1.29 is 29.0 Å². The van der Waals surface area contributed by atoms with Crippen LogP contribution < -0.4 is 4.90 Å². The summed E-state index contributed by atoms with van der Waals surface area (Å²) < 4.78 is 10.2. The zero-order chi connectivity index (χ0) is 19.9. The van der Waals surface area contributed by atoms with E-state index in [0.29, 0.717) is 17.8 Å². The van der Waals surface area contributed by atoms with Crippen LogP contribution in [0.1, 0.15) is 28.8 Å². The lowest BCUT2D eigenvalue weighted by atomic mass is 10.1. The van der Waals surface area contributed by atoms with Crippen LogP contribution in [-0.4, -0.2) is 29.6 Å². The first-order valence-electron chi connectivity index (χ1n) is 8.70. The molecule has 0 unspecified atom stereocenters. The van der Waals surface area contributed by atoms with Gasteiger partial charge in [0, 0.05) is 17.7 Å². The van der Waals surface area contributed by atoms with E-state index in [0.717, 1.165) is 5.56 Å². The average Bonchev–Trinajstić information content (AvgIpc) is 3.25. The lowest BCUT2D eigenvalue weighted by Gasteiger charge is -2.23. The van der Waals surface area contributed by atoms with Crippen molar-refractivity contribution in [1.82, 2.24) is 0 Å². The van der Waals surface area contributed by atoms with E-state index >= 15 is 0 Å². The van der Waals surface area contributed by atoms with Gasteiger partial charge in [-0.15, -0.1) is 0 Å². The molecule has 28 heavy (non-hydrogen) atoms. The van der Waals surface area contributed by atoms with E-state index < -0.39 is 5.97 Å². The van der Waals surface area contributed by atoms with E-state index in [2.05, 4.69) is 0 Å². The Morgan fingerprint density at radius 3 is 2.29 bits per heavy atom. The number of benzene rings is 2. The molecule has 144 valence electrons. The monoisotopic (exact) mass is 381 g/mol. The van der Waals surface area contributed by atoms with Gasteiger partial charge in [-0.25, -0.2) is 0 Å². The molecule has 0 bridgehead atoms. The minimum Gasteiger partial charge on any atom is -0.481 e. The molecule has 0 saturated heterocycles. The Hall–Kier alpha value is -3.61. The normalized spacial score (nSPS) is 12.5. The van der Waals surface area contributed by atoms with E-state index in [1.54, 1.807) is 24.3 Å². The first-order chi connectivity index (χ1) is 13.5. The van der Waals surface area contributed by atoms with E-state index in [1.807, 2.05) is 30.3 Å². The summed E-state index contributed by atoms with van der Waals surface area (Å²) in [6.45, 7) is 0.309. The van der Waals surface area contributed by atoms with Gasteiger partial charge in [-0.1, -0.05) is 30.3 Å². The van der Waals surface area contributed by atoms with Gasteiger partial charge in [0.05, 0.1) is 13.0 Å². The second kappa shape index (κ2) is 8.85. The maximum atomic E-state index is 12.9. The summed E-state index contributed by atoms with van der Waals surface area (Å²) in [6, 6.07) is 16.0. The van der Waals surface area contributed by atoms with Crippen molar-refractivity contribution in [2.45, 2.75) is 19.4 Å². The van der Waals surface area contributed by atoms with Crippen LogP contribution in [0.15, 0.2) is 66.6 Å². The molecule has 0 radical (unpaired) electrons. The summed E-state index contributed by atoms with van der Waals surface area (Å²) in [5.74, 6) is -1.52. The van der Waals surface area contributed by atoms with Crippen molar-refractivity contribution >= 4 is 23.3 Å². The molecule has 2 aromatic rings. The number of carboxylic acids is 1. The Bertz CT molecular complexity index is 889. The molecule has 1 N–H and O–H groups in total. The van der Waals surface area contributed by atoms with Crippen LogP contribution in [0.25, 0.3) is 0 Å². The fraction of sp³-hybridized carbons (Fsp3) is 0.190. The average molecular weight is 381 g/mol. The standard InChI is InChI=1S/C21H19NO6/c23-18(10-11-20(24)25)16-6-8-17(9-7-16)22(12-15-4-2-1-3-5-15)21(26)19-13-27-14-28-19/h1-9,13H,10-12,14H2,(H,24,25). The Kier molecular flexibility index (Phi) is 6.06. The number of Topliss-reactive ketones (excluding diaryl/α,β-unsaturated/α-hetero) is 1.